The summed E-state index contributed by atoms with van der Waals surface area (Å²) in [7, 11) is 0. The van der Waals surface area contributed by atoms with Crippen LogP contribution in [0.3, 0.4) is 0 Å². The van der Waals surface area contributed by atoms with Gasteiger partial charge in [0.1, 0.15) is 30.1 Å². The topological polar surface area (TPSA) is 86.1 Å². The number of aliphatic hydroxyl groups is 1. The van der Waals surface area contributed by atoms with E-state index < -0.39 is 6.10 Å². The van der Waals surface area contributed by atoms with E-state index in [1.54, 1.807) is 0 Å². The number of guanidine groups is 1. The van der Waals surface area contributed by atoms with Gasteiger partial charge >= 0.3 is 0 Å². The normalized spacial score (nSPS) is 15.4. The first-order valence-corrected chi connectivity index (χ1v) is 11.0. The molecule has 1 saturated heterocycles. The average molecular weight is 564 g/mol. The van der Waals surface area contributed by atoms with Crippen molar-refractivity contribution in [1.82, 2.24) is 19.6 Å². The van der Waals surface area contributed by atoms with Gasteiger partial charge in [0, 0.05) is 50.7 Å². The molecule has 1 aromatic heterocycles. The molecule has 0 bridgehead atoms. The molecule has 2 N–H and O–H groups in total. The van der Waals surface area contributed by atoms with E-state index in [1.165, 1.54) is 35.8 Å². The van der Waals surface area contributed by atoms with Crippen LogP contribution in [0.5, 0.6) is 5.75 Å². The Hall–Kier alpha value is -1.73. The Balaban J connectivity index is 0.00000341. The van der Waals surface area contributed by atoms with Crippen LogP contribution in [0.2, 0.25) is 0 Å². The molecule has 1 atom stereocenters. The molecule has 1 fully saturated rings. The van der Waals surface area contributed by atoms with Crippen molar-refractivity contribution in [2.24, 2.45) is 4.99 Å². The first kappa shape index (κ1) is 25.5. The zero-order valence-electron chi connectivity index (χ0n) is 17.8. The Morgan fingerprint density at radius 2 is 1.97 bits per heavy atom. The lowest BCUT2D eigenvalue weighted by molar-refractivity contribution is 0.114. The number of rotatable bonds is 8. The molecular weight excluding hydrogens is 534 g/mol. The summed E-state index contributed by atoms with van der Waals surface area (Å²) in [5.41, 5.74) is 0. The van der Waals surface area contributed by atoms with Crippen molar-refractivity contribution >= 4 is 46.6 Å². The number of aryl methyl sites for hydroxylation is 1. The standard InChI is InChI=1S/C20H29FN6O2S.HI/c1-3-18-24-20(30-25-18)27-11-9-26(10-12-27)19(22-4-2)23-13-16(28)14-29-17-7-5-15(21)6-8-17;/h5-8,16,28H,3-4,9-14H2,1-2H3,(H,22,23);1H. The number of nitrogens with one attached hydrogen (secondary N) is 1. The second kappa shape index (κ2) is 13.0. The lowest BCUT2D eigenvalue weighted by Gasteiger charge is -2.36. The maximum atomic E-state index is 12.9. The van der Waals surface area contributed by atoms with Gasteiger partial charge in [0.15, 0.2) is 5.96 Å². The minimum Gasteiger partial charge on any atom is -0.491 e. The predicted octanol–water partition coefficient (Wildman–Crippen LogP) is 2.39. The maximum absolute atomic E-state index is 12.9. The summed E-state index contributed by atoms with van der Waals surface area (Å²) >= 11 is 1.45. The van der Waals surface area contributed by atoms with E-state index in [0.29, 0.717) is 5.75 Å². The van der Waals surface area contributed by atoms with Gasteiger partial charge in [-0.15, -0.1) is 24.0 Å². The van der Waals surface area contributed by atoms with Crippen LogP contribution in [0.1, 0.15) is 19.7 Å². The Morgan fingerprint density at radius 3 is 2.58 bits per heavy atom. The molecule has 2 aromatic rings. The third kappa shape index (κ3) is 7.72. The van der Waals surface area contributed by atoms with Gasteiger partial charge in [0.2, 0.25) is 5.13 Å². The van der Waals surface area contributed by atoms with Gasteiger partial charge in [-0.3, -0.25) is 4.99 Å². The van der Waals surface area contributed by atoms with Gasteiger partial charge in [0.05, 0.1) is 6.54 Å². The maximum Gasteiger partial charge on any atom is 0.205 e. The first-order valence-electron chi connectivity index (χ1n) is 10.3. The monoisotopic (exact) mass is 564 g/mol. The molecule has 8 nitrogen and oxygen atoms in total. The van der Waals surface area contributed by atoms with Gasteiger partial charge in [-0.2, -0.15) is 4.37 Å². The van der Waals surface area contributed by atoms with Crippen molar-refractivity contribution in [1.29, 1.82) is 0 Å². The zero-order valence-corrected chi connectivity index (χ0v) is 21.0. The third-order valence-electron chi connectivity index (χ3n) is 4.67. The number of hydrogen-bond acceptors (Lipinski definition) is 7. The molecule has 3 rings (SSSR count). The van der Waals surface area contributed by atoms with E-state index in [9.17, 15) is 9.50 Å². The van der Waals surface area contributed by atoms with Gasteiger partial charge in [0.25, 0.3) is 0 Å². The van der Waals surface area contributed by atoms with Crippen molar-refractivity contribution in [3.63, 3.8) is 0 Å². The number of benzene rings is 1. The lowest BCUT2D eigenvalue weighted by Crippen LogP contribution is -2.52. The number of aliphatic imine (C=N–C) groups is 1. The van der Waals surface area contributed by atoms with Crippen LogP contribution in [-0.2, 0) is 6.42 Å². The fourth-order valence-electron chi connectivity index (χ4n) is 3.02. The van der Waals surface area contributed by atoms with Gasteiger partial charge in [-0.05, 0) is 31.2 Å². The molecule has 1 aliphatic rings. The number of piperazine rings is 1. The van der Waals surface area contributed by atoms with Crippen LogP contribution < -0.4 is 15.0 Å². The Morgan fingerprint density at radius 1 is 1.26 bits per heavy atom. The highest BCUT2D eigenvalue weighted by Gasteiger charge is 2.22. The second-order valence-electron chi connectivity index (χ2n) is 6.93. The molecule has 1 aromatic carbocycles. The van der Waals surface area contributed by atoms with Crippen LogP contribution in [0.15, 0.2) is 29.3 Å². The fourth-order valence-corrected chi connectivity index (χ4v) is 3.82. The molecule has 0 amide bonds. The number of halogens is 2. The highest BCUT2D eigenvalue weighted by molar-refractivity contribution is 14.0. The number of aromatic nitrogens is 2. The molecule has 11 heteroatoms. The Labute approximate surface area is 203 Å². The number of anilines is 1. The van der Waals surface area contributed by atoms with Crippen LogP contribution >= 0.6 is 35.5 Å². The average Bonchev–Trinajstić information content (AvgIpc) is 3.26. The van der Waals surface area contributed by atoms with E-state index in [-0.39, 0.29) is 42.9 Å². The Bertz CT molecular complexity index is 814. The largest absolute Gasteiger partial charge is 0.491 e. The molecule has 0 spiro atoms. The van der Waals surface area contributed by atoms with Crippen LogP contribution in [-0.4, -0.2) is 77.3 Å². The summed E-state index contributed by atoms with van der Waals surface area (Å²) in [4.78, 5) is 13.6. The van der Waals surface area contributed by atoms with Crippen LogP contribution in [0.4, 0.5) is 9.52 Å². The molecular formula is C20H30FIN6O2S. The molecule has 0 radical (unpaired) electrons. The van der Waals surface area contributed by atoms with Crippen molar-refractivity contribution in [3.8, 4) is 5.75 Å². The number of ether oxygens (including phenoxy) is 1. The minimum absolute atomic E-state index is 0. The first-order chi connectivity index (χ1) is 14.6. The zero-order chi connectivity index (χ0) is 21.3. The van der Waals surface area contributed by atoms with E-state index >= 15 is 0 Å². The summed E-state index contributed by atoms with van der Waals surface area (Å²) in [6.45, 7) is 8.47. The molecule has 1 unspecified atom stereocenters. The molecule has 2 heterocycles. The van der Waals surface area contributed by atoms with E-state index in [4.69, 9.17) is 4.74 Å². The molecule has 172 valence electrons. The molecule has 0 saturated carbocycles. The summed E-state index contributed by atoms with van der Waals surface area (Å²) in [6.07, 6.45) is 0.0970. The fraction of sp³-hybridized carbons (Fsp3) is 0.550. The molecule has 0 aliphatic carbocycles. The van der Waals surface area contributed by atoms with Crippen LogP contribution in [0.25, 0.3) is 0 Å². The highest BCUT2D eigenvalue weighted by atomic mass is 127. The number of nitrogens with zero attached hydrogens (tertiary/aromatic N) is 5. The van der Waals surface area contributed by atoms with Crippen molar-refractivity contribution in [2.75, 3.05) is 50.8 Å². The lowest BCUT2D eigenvalue weighted by atomic mass is 10.3. The van der Waals surface area contributed by atoms with E-state index in [2.05, 4.69) is 36.4 Å². The summed E-state index contributed by atoms with van der Waals surface area (Å²) in [5, 5.41) is 14.5. The number of hydrogen-bond donors (Lipinski definition) is 2. The van der Waals surface area contributed by atoms with Crippen molar-refractivity contribution in [2.45, 2.75) is 26.4 Å². The third-order valence-corrected chi connectivity index (χ3v) is 5.48. The number of aliphatic hydroxyl groups excluding tert-OH is 1. The molecule has 1 aliphatic heterocycles. The van der Waals surface area contributed by atoms with E-state index in [1.807, 2.05) is 6.92 Å². The van der Waals surface area contributed by atoms with Crippen LogP contribution in [0, 0.1) is 5.82 Å². The highest BCUT2D eigenvalue weighted by Crippen LogP contribution is 2.19. The van der Waals surface area contributed by atoms with Crippen molar-refractivity contribution < 1.29 is 14.2 Å². The summed E-state index contributed by atoms with van der Waals surface area (Å²) in [5.74, 6) is 1.87. The summed E-state index contributed by atoms with van der Waals surface area (Å²) < 4.78 is 22.8. The second-order valence-corrected chi connectivity index (χ2v) is 7.66. The predicted molar refractivity (Wildman–Crippen MR) is 132 cm³/mol. The smallest absolute Gasteiger partial charge is 0.205 e. The quantitative estimate of drug-likeness (QED) is 0.290. The van der Waals surface area contributed by atoms with E-state index in [0.717, 1.165) is 56.1 Å². The van der Waals surface area contributed by atoms with Crippen molar-refractivity contribution in [3.05, 3.63) is 35.9 Å². The van der Waals surface area contributed by atoms with Gasteiger partial charge < -0.3 is 25.0 Å². The SMILES string of the molecule is CCNC(=NCC(O)COc1ccc(F)cc1)N1CCN(c2nc(CC)ns2)CC1.I. The Kier molecular flexibility index (Phi) is 10.7. The van der Waals surface area contributed by atoms with Gasteiger partial charge in [-0.1, -0.05) is 6.92 Å². The summed E-state index contributed by atoms with van der Waals surface area (Å²) in [6, 6.07) is 5.73. The minimum atomic E-state index is -0.751. The molecule has 31 heavy (non-hydrogen) atoms. The van der Waals surface area contributed by atoms with Gasteiger partial charge in [-0.25, -0.2) is 9.37 Å².